The van der Waals surface area contributed by atoms with E-state index in [1.807, 2.05) is 0 Å². The van der Waals surface area contributed by atoms with E-state index in [0.717, 1.165) is 6.42 Å². The van der Waals surface area contributed by atoms with Gasteiger partial charge in [0.2, 0.25) is 0 Å². The molecule has 0 amide bonds. The Kier molecular flexibility index (Phi) is 6.17. The second kappa shape index (κ2) is 7.45. The van der Waals surface area contributed by atoms with E-state index in [4.69, 9.17) is 0 Å². The molecule has 0 heterocycles. The van der Waals surface area contributed by atoms with Crippen molar-refractivity contribution < 1.29 is 0 Å². The van der Waals surface area contributed by atoms with Crippen molar-refractivity contribution in [3.8, 4) is 0 Å². The minimum absolute atomic E-state index is 0.530. The zero-order valence-corrected chi connectivity index (χ0v) is 10.9. The molecule has 16 heavy (non-hydrogen) atoms. The Bertz CT molecular complexity index is 293. The number of nitrogens with one attached hydrogen (secondary N) is 1. The van der Waals surface area contributed by atoms with Gasteiger partial charge in [-0.2, -0.15) is 0 Å². The molecule has 0 bridgehead atoms. The first-order chi connectivity index (χ1) is 7.83. The first-order valence-corrected chi connectivity index (χ1v) is 6.58. The van der Waals surface area contributed by atoms with Gasteiger partial charge >= 0.3 is 0 Å². The number of aryl methyl sites for hydroxylation is 1. The van der Waals surface area contributed by atoms with Gasteiger partial charge in [0.15, 0.2) is 0 Å². The van der Waals surface area contributed by atoms with E-state index < -0.39 is 0 Å². The molecule has 0 aliphatic carbocycles. The Labute approximate surface area is 100 Å². The lowest BCUT2D eigenvalue weighted by molar-refractivity contribution is 0.509. The maximum atomic E-state index is 3.45. The molecule has 0 spiro atoms. The van der Waals surface area contributed by atoms with Crippen LogP contribution in [0.15, 0.2) is 24.3 Å². The summed E-state index contributed by atoms with van der Waals surface area (Å²) in [6.07, 6.45) is 6.34. The Balaban J connectivity index is 2.69. The van der Waals surface area contributed by atoms with Gasteiger partial charge in [-0.3, -0.25) is 0 Å². The lowest BCUT2D eigenvalue weighted by Gasteiger charge is -2.19. The summed E-state index contributed by atoms with van der Waals surface area (Å²) >= 11 is 0. The van der Waals surface area contributed by atoms with Crippen LogP contribution in [0.3, 0.4) is 0 Å². The highest BCUT2D eigenvalue weighted by molar-refractivity contribution is 5.29. The third-order valence-corrected chi connectivity index (χ3v) is 3.26. The fourth-order valence-electron chi connectivity index (χ4n) is 2.25. The van der Waals surface area contributed by atoms with Gasteiger partial charge in [-0.05, 0) is 31.0 Å². The molecular formula is C15H25N. The molecule has 1 atom stereocenters. The van der Waals surface area contributed by atoms with E-state index in [9.17, 15) is 0 Å². The molecule has 1 nitrogen and oxygen atoms in total. The minimum Gasteiger partial charge on any atom is -0.313 e. The number of hydrogen-bond acceptors (Lipinski definition) is 1. The van der Waals surface area contributed by atoms with Crippen molar-refractivity contribution in [1.29, 1.82) is 0 Å². The molecular weight excluding hydrogens is 194 g/mol. The van der Waals surface area contributed by atoms with Crippen LogP contribution in [0.25, 0.3) is 0 Å². The van der Waals surface area contributed by atoms with Gasteiger partial charge in [0, 0.05) is 6.04 Å². The van der Waals surface area contributed by atoms with Crippen LogP contribution in [0.4, 0.5) is 0 Å². The molecule has 0 saturated carbocycles. The fourth-order valence-corrected chi connectivity index (χ4v) is 2.25. The summed E-state index contributed by atoms with van der Waals surface area (Å²) < 4.78 is 0. The molecule has 1 aromatic rings. The van der Waals surface area contributed by atoms with Crippen molar-refractivity contribution in [1.82, 2.24) is 5.32 Å². The summed E-state index contributed by atoms with van der Waals surface area (Å²) in [5, 5.41) is 3.45. The molecule has 0 aliphatic rings. The molecule has 1 unspecified atom stereocenters. The van der Waals surface area contributed by atoms with E-state index in [1.54, 1.807) is 0 Å². The van der Waals surface area contributed by atoms with Gasteiger partial charge < -0.3 is 5.32 Å². The van der Waals surface area contributed by atoms with Gasteiger partial charge in [-0.25, -0.2) is 0 Å². The third-order valence-electron chi connectivity index (χ3n) is 3.26. The summed E-state index contributed by atoms with van der Waals surface area (Å²) in [7, 11) is 2.07. The number of benzene rings is 1. The summed E-state index contributed by atoms with van der Waals surface area (Å²) in [6.45, 7) is 4.49. The summed E-state index contributed by atoms with van der Waals surface area (Å²) in [5.41, 5.74) is 2.97. The van der Waals surface area contributed by atoms with Gasteiger partial charge in [0.25, 0.3) is 0 Å². The average Bonchev–Trinajstić information content (AvgIpc) is 2.35. The van der Waals surface area contributed by atoms with Gasteiger partial charge in [0.1, 0.15) is 0 Å². The van der Waals surface area contributed by atoms with Crippen molar-refractivity contribution >= 4 is 0 Å². The Morgan fingerprint density at radius 1 is 1.12 bits per heavy atom. The monoisotopic (exact) mass is 219 g/mol. The summed E-state index contributed by atoms with van der Waals surface area (Å²) in [6, 6.07) is 9.34. The van der Waals surface area contributed by atoms with Crippen molar-refractivity contribution in [2.45, 2.75) is 52.0 Å². The van der Waals surface area contributed by atoms with Crippen LogP contribution < -0.4 is 5.32 Å². The number of hydrogen-bond donors (Lipinski definition) is 1. The Morgan fingerprint density at radius 3 is 2.50 bits per heavy atom. The lowest BCUT2D eigenvalue weighted by Crippen LogP contribution is -2.17. The number of unbranched alkanes of at least 4 members (excludes halogenated alkanes) is 2. The van der Waals surface area contributed by atoms with Crippen LogP contribution in [0, 0.1) is 0 Å². The average molecular weight is 219 g/mol. The zero-order valence-electron chi connectivity index (χ0n) is 10.9. The second-order valence-electron chi connectivity index (χ2n) is 4.39. The van der Waals surface area contributed by atoms with E-state index in [0.29, 0.717) is 6.04 Å². The van der Waals surface area contributed by atoms with Crippen LogP contribution in [-0.2, 0) is 6.42 Å². The lowest BCUT2D eigenvalue weighted by atomic mass is 9.95. The zero-order chi connectivity index (χ0) is 11.8. The molecule has 90 valence electrons. The SMILES string of the molecule is CCCCCC(NC)c1ccccc1CC. The molecule has 1 rings (SSSR count). The van der Waals surface area contributed by atoms with E-state index in [2.05, 4.69) is 50.5 Å². The van der Waals surface area contributed by atoms with Crippen LogP contribution in [-0.4, -0.2) is 7.05 Å². The van der Waals surface area contributed by atoms with Crippen molar-refractivity contribution in [2.24, 2.45) is 0 Å². The van der Waals surface area contributed by atoms with Crippen molar-refractivity contribution in [3.05, 3.63) is 35.4 Å². The molecule has 1 N–H and O–H groups in total. The summed E-state index contributed by atoms with van der Waals surface area (Å²) in [5.74, 6) is 0. The smallest absolute Gasteiger partial charge is 0.0320 e. The number of rotatable bonds is 7. The van der Waals surface area contributed by atoms with Gasteiger partial charge in [-0.15, -0.1) is 0 Å². The largest absolute Gasteiger partial charge is 0.313 e. The Morgan fingerprint density at radius 2 is 1.88 bits per heavy atom. The molecule has 0 aromatic heterocycles. The second-order valence-corrected chi connectivity index (χ2v) is 4.39. The van der Waals surface area contributed by atoms with Crippen LogP contribution in [0.2, 0.25) is 0 Å². The predicted octanol–water partition coefficient (Wildman–Crippen LogP) is 4.09. The molecule has 1 heteroatoms. The molecule has 0 saturated heterocycles. The molecule has 1 aromatic carbocycles. The standard InChI is InChI=1S/C15H25N/c1-4-6-7-12-15(16-3)14-11-9-8-10-13(14)5-2/h8-11,15-16H,4-7,12H2,1-3H3. The van der Waals surface area contributed by atoms with Crippen LogP contribution in [0.1, 0.15) is 56.7 Å². The highest BCUT2D eigenvalue weighted by atomic mass is 14.9. The highest BCUT2D eigenvalue weighted by Crippen LogP contribution is 2.23. The van der Waals surface area contributed by atoms with Crippen LogP contribution in [0.5, 0.6) is 0 Å². The van der Waals surface area contributed by atoms with E-state index >= 15 is 0 Å². The maximum absolute atomic E-state index is 3.45. The minimum atomic E-state index is 0.530. The van der Waals surface area contributed by atoms with Crippen molar-refractivity contribution in [2.75, 3.05) is 7.05 Å². The molecule has 0 aliphatic heterocycles. The topological polar surface area (TPSA) is 12.0 Å². The quantitative estimate of drug-likeness (QED) is 0.681. The normalized spacial score (nSPS) is 12.7. The first kappa shape index (κ1) is 13.2. The van der Waals surface area contributed by atoms with E-state index in [-0.39, 0.29) is 0 Å². The van der Waals surface area contributed by atoms with Gasteiger partial charge in [0.05, 0.1) is 0 Å². The predicted molar refractivity (Wildman–Crippen MR) is 71.8 cm³/mol. The van der Waals surface area contributed by atoms with Crippen molar-refractivity contribution in [3.63, 3.8) is 0 Å². The molecule has 0 radical (unpaired) electrons. The summed E-state index contributed by atoms with van der Waals surface area (Å²) in [4.78, 5) is 0. The van der Waals surface area contributed by atoms with Crippen LogP contribution >= 0.6 is 0 Å². The van der Waals surface area contributed by atoms with E-state index in [1.165, 1.54) is 36.8 Å². The maximum Gasteiger partial charge on any atom is 0.0320 e. The molecule has 0 fully saturated rings. The first-order valence-electron chi connectivity index (χ1n) is 6.58. The third kappa shape index (κ3) is 3.64. The Hall–Kier alpha value is -0.820. The van der Waals surface area contributed by atoms with Gasteiger partial charge in [-0.1, -0.05) is 57.4 Å². The highest BCUT2D eigenvalue weighted by Gasteiger charge is 2.11. The fraction of sp³-hybridized carbons (Fsp3) is 0.600.